The first-order valence-corrected chi connectivity index (χ1v) is 16.7. The molecule has 250 valence electrons. The number of hydrogen-bond acceptors (Lipinski definition) is 7. The fraction of sp³-hybridized carbons (Fsp3) is 0.421. The third-order valence-corrected chi connectivity index (χ3v) is 8.85. The molecule has 1 saturated heterocycles. The van der Waals surface area contributed by atoms with Gasteiger partial charge in [-0.1, -0.05) is 85.6 Å². The van der Waals surface area contributed by atoms with Crippen LogP contribution in [0, 0.1) is 0 Å². The van der Waals surface area contributed by atoms with Crippen molar-refractivity contribution in [3.05, 3.63) is 108 Å². The van der Waals surface area contributed by atoms with Gasteiger partial charge in [0.05, 0.1) is 25.4 Å². The van der Waals surface area contributed by atoms with E-state index >= 15 is 0 Å². The van der Waals surface area contributed by atoms with E-state index < -0.39 is 18.3 Å². The van der Waals surface area contributed by atoms with E-state index in [9.17, 15) is 14.7 Å². The number of amides is 2. The molecule has 2 amide bonds. The number of urea groups is 1. The Labute approximate surface area is 277 Å². The van der Waals surface area contributed by atoms with Crippen LogP contribution in [0.1, 0.15) is 73.7 Å². The van der Waals surface area contributed by atoms with E-state index in [4.69, 9.17) is 14.2 Å². The summed E-state index contributed by atoms with van der Waals surface area (Å²) in [5, 5.41) is 14.8. The van der Waals surface area contributed by atoms with Gasteiger partial charge in [0.15, 0.2) is 6.29 Å². The summed E-state index contributed by atoms with van der Waals surface area (Å²) < 4.78 is 18.1. The molecule has 3 atom stereocenters. The number of rotatable bonds is 14. The highest BCUT2D eigenvalue weighted by molar-refractivity contribution is 5.80. The van der Waals surface area contributed by atoms with Gasteiger partial charge in [-0.2, -0.15) is 0 Å². The van der Waals surface area contributed by atoms with Crippen molar-refractivity contribution in [3.8, 4) is 11.1 Å². The molecule has 9 heteroatoms. The molecule has 1 aliphatic heterocycles. The van der Waals surface area contributed by atoms with Crippen LogP contribution in [-0.2, 0) is 32.2 Å². The Hall–Kier alpha value is -4.02. The summed E-state index contributed by atoms with van der Waals surface area (Å²) in [6.45, 7) is 7.82. The van der Waals surface area contributed by atoms with E-state index in [2.05, 4.69) is 46.4 Å². The van der Waals surface area contributed by atoms with E-state index in [0.29, 0.717) is 12.6 Å². The Morgan fingerprint density at radius 3 is 2.40 bits per heavy atom. The number of aliphatic hydroxyl groups is 1. The number of aliphatic hydroxyl groups excluding tert-OH is 1. The van der Waals surface area contributed by atoms with Crippen LogP contribution in [0.5, 0.6) is 0 Å². The molecule has 9 nitrogen and oxygen atoms in total. The van der Waals surface area contributed by atoms with E-state index in [1.165, 1.54) is 25.7 Å². The van der Waals surface area contributed by atoms with Crippen molar-refractivity contribution in [2.75, 3.05) is 26.2 Å². The average Bonchev–Trinajstić information content (AvgIpc) is 3.65. The summed E-state index contributed by atoms with van der Waals surface area (Å²) in [6.07, 6.45) is 7.03. The van der Waals surface area contributed by atoms with Crippen LogP contribution < -0.4 is 10.6 Å². The van der Waals surface area contributed by atoms with Crippen LogP contribution in [0.3, 0.4) is 0 Å². The van der Waals surface area contributed by atoms with Crippen molar-refractivity contribution in [3.63, 3.8) is 0 Å². The fourth-order valence-corrected chi connectivity index (χ4v) is 6.41. The average molecular weight is 642 g/mol. The van der Waals surface area contributed by atoms with Gasteiger partial charge in [0.2, 0.25) is 0 Å². The van der Waals surface area contributed by atoms with Crippen LogP contribution in [0.2, 0.25) is 0 Å². The lowest BCUT2D eigenvalue weighted by Gasteiger charge is -2.39. The van der Waals surface area contributed by atoms with Gasteiger partial charge in [0.25, 0.3) is 0 Å². The molecule has 5 rings (SSSR count). The van der Waals surface area contributed by atoms with Crippen molar-refractivity contribution in [2.24, 2.45) is 0 Å². The minimum atomic E-state index is -0.525. The minimum absolute atomic E-state index is 0.0102. The maximum atomic E-state index is 12.1. The maximum absolute atomic E-state index is 12.1. The first-order valence-electron chi connectivity index (χ1n) is 16.7. The number of esters is 1. The van der Waals surface area contributed by atoms with Crippen molar-refractivity contribution in [1.29, 1.82) is 0 Å². The summed E-state index contributed by atoms with van der Waals surface area (Å²) in [7, 11) is 0. The molecule has 0 bridgehead atoms. The molecule has 0 radical (unpaired) electrons. The number of benzene rings is 3. The summed E-state index contributed by atoms with van der Waals surface area (Å²) in [4.78, 5) is 26.1. The lowest BCUT2D eigenvalue weighted by atomic mass is 9.98. The topological polar surface area (TPSA) is 109 Å². The third-order valence-electron chi connectivity index (χ3n) is 8.85. The highest BCUT2D eigenvalue weighted by Gasteiger charge is 2.34. The summed E-state index contributed by atoms with van der Waals surface area (Å²) >= 11 is 0. The molecule has 0 spiro atoms. The molecule has 3 N–H and O–H groups in total. The fourth-order valence-electron chi connectivity index (χ4n) is 6.41. The van der Waals surface area contributed by atoms with Gasteiger partial charge < -0.3 is 30.0 Å². The number of nitrogens with zero attached hydrogens (tertiary/aromatic N) is 1. The van der Waals surface area contributed by atoms with Crippen molar-refractivity contribution in [1.82, 2.24) is 15.5 Å². The summed E-state index contributed by atoms with van der Waals surface area (Å²) in [5.74, 6) is -0.474. The third kappa shape index (κ3) is 9.74. The van der Waals surface area contributed by atoms with Gasteiger partial charge in [0, 0.05) is 37.7 Å². The Bertz CT molecular complexity index is 1450. The number of carbonyl (C=O) groups is 2. The Morgan fingerprint density at radius 2 is 1.70 bits per heavy atom. The highest BCUT2D eigenvalue weighted by atomic mass is 16.7. The lowest BCUT2D eigenvalue weighted by Crippen LogP contribution is -2.43. The van der Waals surface area contributed by atoms with Crippen molar-refractivity contribution >= 4 is 12.0 Å². The van der Waals surface area contributed by atoms with Crippen LogP contribution in [-0.4, -0.2) is 60.4 Å². The molecule has 3 aromatic carbocycles. The second-order valence-corrected chi connectivity index (χ2v) is 12.2. The molecule has 0 unspecified atom stereocenters. The van der Waals surface area contributed by atoms with Crippen molar-refractivity contribution in [2.45, 2.75) is 76.7 Å². The maximum Gasteiger partial charge on any atom is 0.325 e. The molecular formula is C38H47N3O6. The van der Waals surface area contributed by atoms with Gasteiger partial charge in [-0.3, -0.25) is 9.69 Å². The van der Waals surface area contributed by atoms with Crippen LogP contribution in [0.4, 0.5) is 4.79 Å². The first kappa shape index (κ1) is 34.3. The number of nitrogens with one attached hydrogen (secondary N) is 2. The smallest absolute Gasteiger partial charge is 0.325 e. The Morgan fingerprint density at radius 1 is 0.957 bits per heavy atom. The molecular weight excluding hydrogens is 594 g/mol. The van der Waals surface area contributed by atoms with E-state index in [0.717, 1.165) is 52.9 Å². The van der Waals surface area contributed by atoms with Gasteiger partial charge in [-0.15, -0.1) is 6.58 Å². The monoisotopic (exact) mass is 641 g/mol. The quantitative estimate of drug-likeness (QED) is 0.142. The number of hydrogen-bond donors (Lipinski definition) is 3. The predicted octanol–water partition coefficient (Wildman–Crippen LogP) is 6.18. The van der Waals surface area contributed by atoms with Gasteiger partial charge >= 0.3 is 12.0 Å². The summed E-state index contributed by atoms with van der Waals surface area (Å²) in [6, 6.07) is 24.3. The first-order chi connectivity index (χ1) is 22.9. The van der Waals surface area contributed by atoms with Crippen LogP contribution in [0.15, 0.2) is 85.5 Å². The SMILES string of the molecule is C=CCN(C[C@@H]1C[C@H](c2ccc(CO)cc2)O[C@H](c2ccc(-c3cccc(CNC(=O)NCC(=O)OCC)c3)cc2)O1)C1CCCC1. The molecule has 2 fully saturated rings. The zero-order chi connectivity index (χ0) is 33.0. The van der Waals surface area contributed by atoms with E-state index in [1.807, 2.05) is 54.6 Å². The van der Waals surface area contributed by atoms with Gasteiger partial charge in [0.1, 0.15) is 6.54 Å². The molecule has 1 heterocycles. The second-order valence-electron chi connectivity index (χ2n) is 12.2. The molecule has 1 aliphatic carbocycles. The Kier molecular flexibility index (Phi) is 12.6. The Balaban J connectivity index is 1.27. The number of ether oxygens (including phenoxy) is 3. The summed E-state index contributed by atoms with van der Waals surface area (Å²) in [5.41, 5.74) is 5.88. The van der Waals surface area contributed by atoms with Crippen molar-refractivity contribution < 1.29 is 28.9 Å². The predicted molar refractivity (Wildman–Crippen MR) is 181 cm³/mol. The second kappa shape index (κ2) is 17.2. The largest absolute Gasteiger partial charge is 0.465 e. The minimum Gasteiger partial charge on any atom is -0.465 e. The zero-order valence-electron chi connectivity index (χ0n) is 27.2. The number of carbonyl (C=O) groups excluding carboxylic acids is 2. The lowest BCUT2D eigenvalue weighted by molar-refractivity contribution is -0.253. The normalized spacial score (nSPS) is 19.8. The molecule has 2 aliphatic rings. The van der Waals surface area contributed by atoms with E-state index in [1.54, 1.807) is 6.92 Å². The highest BCUT2D eigenvalue weighted by Crippen LogP contribution is 2.39. The molecule has 1 saturated carbocycles. The van der Waals surface area contributed by atoms with Gasteiger partial charge in [-0.05, 0) is 53.6 Å². The van der Waals surface area contributed by atoms with Crippen LogP contribution in [0.25, 0.3) is 11.1 Å². The standard InChI is InChI=1S/C38H47N3O6/c1-3-20-41(33-10-5-6-11-33)25-34-22-35(30-14-12-27(26-42)13-15-30)47-37(46-34)31-18-16-29(17-19-31)32-9-7-8-28(21-32)23-39-38(44)40-24-36(43)45-4-2/h3,7-9,12-19,21,33-35,37,42H,1,4-6,10-11,20,22-26H2,2H3,(H2,39,40,44)/t34-,35+,37+/m0/s1. The van der Waals surface area contributed by atoms with Gasteiger partial charge in [-0.25, -0.2) is 4.79 Å². The molecule has 0 aromatic heterocycles. The van der Waals surface area contributed by atoms with Crippen LogP contribution >= 0.6 is 0 Å². The zero-order valence-corrected chi connectivity index (χ0v) is 27.2. The van der Waals surface area contributed by atoms with E-state index in [-0.39, 0.29) is 32.0 Å². The molecule has 47 heavy (non-hydrogen) atoms. The molecule has 3 aromatic rings.